The maximum Gasteiger partial charge on any atom is 0.272 e. The molecule has 0 aromatic carbocycles. The lowest BCUT2D eigenvalue weighted by molar-refractivity contribution is 0.116. The molecule has 0 radical (unpaired) electrons. The van der Waals surface area contributed by atoms with E-state index in [9.17, 15) is 0 Å². The molecular formula is C12H22O2. The molecule has 2 nitrogen and oxygen atoms in total. The predicted molar refractivity (Wildman–Crippen MR) is 57.8 cm³/mol. The van der Waals surface area contributed by atoms with E-state index in [1.165, 1.54) is 0 Å². The Bertz CT molecular complexity index is 176. The lowest BCUT2D eigenvalue weighted by atomic mass is 9.96. The molecule has 0 aromatic rings. The van der Waals surface area contributed by atoms with Crippen molar-refractivity contribution in [2.75, 3.05) is 0 Å². The lowest BCUT2D eigenvalue weighted by Gasteiger charge is -2.18. The summed E-state index contributed by atoms with van der Waals surface area (Å²) in [5.74, 6) is 1.79. The van der Waals surface area contributed by atoms with Crippen LogP contribution in [0.1, 0.15) is 40.5 Å². The third-order valence-electron chi connectivity index (χ3n) is 2.39. The first-order valence-corrected chi connectivity index (χ1v) is 5.51. The molecule has 0 saturated carbocycles. The summed E-state index contributed by atoms with van der Waals surface area (Å²) in [5, 5.41) is 0. The second-order valence-electron chi connectivity index (χ2n) is 4.94. The summed E-state index contributed by atoms with van der Waals surface area (Å²) in [6, 6.07) is 0. The van der Waals surface area contributed by atoms with Crippen molar-refractivity contribution in [1.82, 2.24) is 0 Å². The van der Waals surface area contributed by atoms with Crippen molar-refractivity contribution in [2.45, 2.75) is 52.7 Å². The third-order valence-corrected chi connectivity index (χ3v) is 2.39. The highest BCUT2D eigenvalue weighted by Crippen LogP contribution is 2.29. The maximum atomic E-state index is 5.57. The molecule has 2 atom stereocenters. The van der Waals surface area contributed by atoms with Crippen LogP contribution in [0.3, 0.4) is 0 Å². The molecule has 1 aliphatic heterocycles. The molecular weight excluding hydrogens is 176 g/mol. The number of hydrogen-bond acceptors (Lipinski definition) is 2. The summed E-state index contributed by atoms with van der Waals surface area (Å²) in [6.07, 6.45) is 2.53. The monoisotopic (exact) mass is 198 g/mol. The molecule has 1 saturated heterocycles. The van der Waals surface area contributed by atoms with Crippen LogP contribution in [0.4, 0.5) is 0 Å². The Labute approximate surface area is 87.3 Å². The first-order valence-electron chi connectivity index (χ1n) is 5.51. The van der Waals surface area contributed by atoms with E-state index >= 15 is 0 Å². The topological polar surface area (TPSA) is 18.5 Å². The van der Waals surface area contributed by atoms with Crippen LogP contribution in [0.15, 0.2) is 12.5 Å². The van der Waals surface area contributed by atoms with Gasteiger partial charge in [0.15, 0.2) is 0 Å². The molecule has 2 heteroatoms. The first-order chi connectivity index (χ1) is 6.49. The highest BCUT2D eigenvalue weighted by molar-refractivity contribution is 4.88. The zero-order chi connectivity index (χ0) is 10.7. The molecule has 0 bridgehead atoms. The van der Waals surface area contributed by atoms with Gasteiger partial charge in [0.2, 0.25) is 0 Å². The molecule has 0 N–H and O–H groups in total. The number of hydrogen-bond donors (Lipinski definition) is 0. The summed E-state index contributed by atoms with van der Waals surface area (Å²) in [7, 11) is 0. The van der Waals surface area contributed by atoms with Crippen LogP contribution in [-0.2, 0) is 9.47 Å². The normalized spacial score (nSPS) is 26.9. The van der Waals surface area contributed by atoms with Crippen molar-refractivity contribution in [1.29, 1.82) is 0 Å². The van der Waals surface area contributed by atoms with Crippen LogP contribution < -0.4 is 0 Å². The molecule has 1 fully saturated rings. The van der Waals surface area contributed by atoms with E-state index in [0.717, 1.165) is 12.8 Å². The zero-order valence-electron chi connectivity index (χ0n) is 9.75. The van der Waals surface area contributed by atoms with E-state index in [1.54, 1.807) is 0 Å². The Morgan fingerprint density at radius 2 is 1.36 bits per heavy atom. The van der Waals surface area contributed by atoms with Crippen molar-refractivity contribution in [3.05, 3.63) is 12.5 Å². The molecule has 2 unspecified atom stereocenters. The minimum absolute atomic E-state index is 0.213. The fourth-order valence-corrected chi connectivity index (χ4v) is 1.85. The second kappa shape index (κ2) is 4.72. The largest absolute Gasteiger partial charge is 0.459 e. The molecule has 0 aliphatic carbocycles. The summed E-state index contributed by atoms with van der Waals surface area (Å²) in [5.41, 5.74) is 0. The fraction of sp³-hybridized carbons (Fsp3) is 0.833. The van der Waals surface area contributed by atoms with Crippen LogP contribution in [0, 0.1) is 11.8 Å². The minimum atomic E-state index is 0.213. The summed E-state index contributed by atoms with van der Waals surface area (Å²) < 4.78 is 11.1. The quantitative estimate of drug-likeness (QED) is 0.689. The van der Waals surface area contributed by atoms with Gasteiger partial charge in [-0.2, -0.15) is 0 Å². The van der Waals surface area contributed by atoms with Gasteiger partial charge in [0.25, 0.3) is 5.95 Å². The molecule has 1 heterocycles. The van der Waals surface area contributed by atoms with Crippen molar-refractivity contribution in [3.63, 3.8) is 0 Å². The Kier molecular flexibility index (Phi) is 3.85. The van der Waals surface area contributed by atoms with Gasteiger partial charge in [-0.25, -0.2) is 0 Å². The van der Waals surface area contributed by atoms with Gasteiger partial charge in [-0.05, 0) is 31.3 Å². The maximum absolute atomic E-state index is 5.57. The van der Waals surface area contributed by atoms with Gasteiger partial charge in [0.05, 0.1) is 0 Å². The van der Waals surface area contributed by atoms with Gasteiger partial charge >= 0.3 is 0 Å². The smallest absolute Gasteiger partial charge is 0.272 e. The van der Waals surface area contributed by atoms with Crippen LogP contribution in [0.5, 0.6) is 0 Å². The van der Waals surface area contributed by atoms with Crippen LogP contribution in [0.2, 0.25) is 0 Å². The van der Waals surface area contributed by atoms with Crippen molar-refractivity contribution < 1.29 is 9.47 Å². The minimum Gasteiger partial charge on any atom is -0.459 e. The van der Waals surface area contributed by atoms with Gasteiger partial charge in [0, 0.05) is 0 Å². The summed E-state index contributed by atoms with van der Waals surface area (Å²) in [6.45, 7) is 12.5. The van der Waals surface area contributed by atoms with Crippen LogP contribution in [-0.4, -0.2) is 12.2 Å². The van der Waals surface area contributed by atoms with E-state index in [4.69, 9.17) is 9.47 Å². The standard InChI is InChI=1S/C12H22O2/c1-8(2)6-11-12(7-9(3)4)14-10(5)13-11/h8-9,11-12H,5-7H2,1-4H3. The van der Waals surface area contributed by atoms with Crippen molar-refractivity contribution in [3.8, 4) is 0 Å². The van der Waals surface area contributed by atoms with E-state index in [2.05, 4.69) is 34.3 Å². The Hall–Kier alpha value is -0.660. The van der Waals surface area contributed by atoms with Gasteiger partial charge < -0.3 is 9.47 Å². The fourth-order valence-electron chi connectivity index (χ4n) is 1.85. The van der Waals surface area contributed by atoms with Gasteiger partial charge in [-0.15, -0.1) is 0 Å². The summed E-state index contributed by atoms with van der Waals surface area (Å²) in [4.78, 5) is 0. The highest BCUT2D eigenvalue weighted by Gasteiger charge is 2.33. The highest BCUT2D eigenvalue weighted by atomic mass is 16.7. The Balaban J connectivity index is 2.49. The molecule has 0 spiro atoms. The Morgan fingerprint density at radius 3 is 1.64 bits per heavy atom. The van der Waals surface area contributed by atoms with E-state index in [0.29, 0.717) is 17.8 Å². The average Bonchev–Trinajstić information content (AvgIpc) is 2.28. The summed E-state index contributed by atoms with van der Waals surface area (Å²) >= 11 is 0. The molecule has 82 valence electrons. The van der Waals surface area contributed by atoms with Crippen LogP contribution in [0.25, 0.3) is 0 Å². The van der Waals surface area contributed by atoms with Crippen molar-refractivity contribution >= 4 is 0 Å². The molecule has 1 rings (SSSR count). The van der Waals surface area contributed by atoms with Crippen LogP contribution >= 0.6 is 0 Å². The lowest BCUT2D eigenvalue weighted by Crippen LogP contribution is -2.25. The average molecular weight is 198 g/mol. The third kappa shape index (κ3) is 3.24. The zero-order valence-corrected chi connectivity index (χ0v) is 9.75. The number of ether oxygens (including phenoxy) is 2. The van der Waals surface area contributed by atoms with E-state index < -0.39 is 0 Å². The molecule has 14 heavy (non-hydrogen) atoms. The van der Waals surface area contributed by atoms with Gasteiger partial charge in [-0.3, -0.25) is 0 Å². The molecule has 0 aromatic heterocycles. The van der Waals surface area contributed by atoms with E-state index in [1.807, 2.05) is 0 Å². The van der Waals surface area contributed by atoms with Gasteiger partial charge in [-0.1, -0.05) is 27.7 Å². The first kappa shape index (κ1) is 11.4. The SMILES string of the molecule is C=C1OC(CC(C)C)C(CC(C)C)O1. The molecule has 1 aliphatic rings. The second-order valence-corrected chi connectivity index (χ2v) is 4.94. The Morgan fingerprint density at radius 1 is 1.00 bits per heavy atom. The van der Waals surface area contributed by atoms with Crippen molar-refractivity contribution in [2.24, 2.45) is 11.8 Å². The van der Waals surface area contributed by atoms with Gasteiger partial charge in [0.1, 0.15) is 12.2 Å². The molecule has 0 amide bonds. The van der Waals surface area contributed by atoms with E-state index in [-0.39, 0.29) is 12.2 Å². The number of rotatable bonds is 4. The predicted octanol–water partition coefficient (Wildman–Crippen LogP) is 3.33.